The van der Waals surface area contributed by atoms with Gasteiger partial charge in [-0.05, 0) is 43.9 Å². The molecule has 2 bridgehead atoms. The summed E-state index contributed by atoms with van der Waals surface area (Å²) in [5, 5.41) is 11.9. The van der Waals surface area contributed by atoms with Crippen LogP contribution in [-0.2, 0) is 9.59 Å². The van der Waals surface area contributed by atoms with Gasteiger partial charge in [0.1, 0.15) is 6.04 Å². The molecule has 0 aliphatic carbocycles. The van der Waals surface area contributed by atoms with Crippen molar-refractivity contribution in [3.8, 4) is 6.07 Å². The lowest BCUT2D eigenvalue weighted by Gasteiger charge is -2.38. The van der Waals surface area contributed by atoms with Crippen LogP contribution in [0.15, 0.2) is 24.3 Å². The van der Waals surface area contributed by atoms with Gasteiger partial charge in [-0.15, -0.1) is 0 Å². The first kappa shape index (κ1) is 22.2. The summed E-state index contributed by atoms with van der Waals surface area (Å²) < 4.78 is 0. The monoisotopic (exact) mass is 438 g/mol. The molecule has 0 unspecified atom stereocenters. The number of nitrogens with two attached hydrogens (primary N) is 1. The van der Waals surface area contributed by atoms with Crippen molar-refractivity contribution in [2.45, 2.75) is 56.4 Å². The highest BCUT2D eigenvalue weighted by atomic mass is 16.2. The fourth-order valence-electron chi connectivity index (χ4n) is 5.35. The summed E-state index contributed by atoms with van der Waals surface area (Å²) in [4.78, 5) is 43.4. The molecule has 3 fully saturated rings. The van der Waals surface area contributed by atoms with Crippen molar-refractivity contribution in [2.24, 2.45) is 5.73 Å². The predicted molar refractivity (Wildman–Crippen MR) is 117 cm³/mol. The molecule has 0 spiro atoms. The summed E-state index contributed by atoms with van der Waals surface area (Å²) >= 11 is 0. The van der Waals surface area contributed by atoms with Crippen molar-refractivity contribution in [1.29, 1.82) is 5.26 Å². The smallest absolute Gasteiger partial charge is 0.251 e. The number of fused-ring (bicyclic) bond motifs is 2. The van der Waals surface area contributed by atoms with E-state index < -0.39 is 12.1 Å². The van der Waals surface area contributed by atoms with Gasteiger partial charge in [-0.3, -0.25) is 19.3 Å². The third kappa shape index (κ3) is 3.85. The van der Waals surface area contributed by atoms with Gasteiger partial charge in [0.15, 0.2) is 0 Å². The Kier molecular flexibility index (Phi) is 6.17. The fraction of sp³-hybridized carbons (Fsp3) is 0.565. The Morgan fingerprint density at radius 3 is 2.84 bits per heavy atom. The minimum absolute atomic E-state index is 0.0369. The Balaban J connectivity index is 1.41. The van der Waals surface area contributed by atoms with Crippen LogP contribution in [0.3, 0.4) is 0 Å². The highest BCUT2D eigenvalue weighted by molar-refractivity contribution is 5.94. The molecule has 3 amide bonds. The zero-order valence-corrected chi connectivity index (χ0v) is 18.5. The Morgan fingerprint density at radius 2 is 2.16 bits per heavy atom. The van der Waals surface area contributed by atoms with E-state index in [1.165, 1.54) is 0 Å². The number of hydrogen-bond donors (Lipinski definition) is 2. The summed E-state index contributed by atoms with van der Waals surface area (Å²) in [7, 11) is 1.59. The van der Waals surface area contributed by atoms with Gasteiger partial charge in [-0.25, -0.2) is 0 Å². The molecule has 9 nitrogen and oxygen atoms in total. The summed E-state index contributed by atoms with van der Waals surface area (Å²) in [5.74, 6) is -0.329. The van der Waals surface area contributed by atoms with Crippen LogP contribution in [0, 0.1) is 11.3 Å². The number of benzene rings is 1. The minimum atomic E-state index is -0.744. The summed E-state index contributed by atoms with van der Waals surface area (Å²) in [6.07, 6.45) is 2.22. The first-order valence-corrected chi connectivity index (χ1v) is 11.2. The Morgan fingerprint density at radius 1 is 1.38 bits per heavy atom. The third-order valence-corrected chi connectivity index (χ3v) is 7.02. The number of likely N-dealkylation sites (tertiary alicyclic amines) is 3. The number of piperazine rings is 1. The molecule has 3 heterocycles. The summed E-state index contributed by atoms with van der Waals surface area (Å²) in [6, 6.07) is 8.00. The second-order valence-corrected chi connectivity index (χ2v) is 8.91. The highest BCUT2D eigenvalue weighted by Crippen LogP contribution is 2.38. The number of nitriles is 1. The van der Waals surface area contributed by atoms with E-state index in [1.54, 1.807) is 18.0 Å². The van der Waals surface area contributed by atoms with E-state index in [0.29, 0.717) is 38.0 Å². The van der Waals surface area contributed by atoms with E-state index in [1.807, 2.05) is 34.9 Å². The molecule has 3 aliphatic rings. The number of nitrogens with one attached hydrogen (secondary N) is 1. The number of carbonyl (C=O) groups is 3. The molecule has 5 atom stereocenters. The third-order valence-electron chi connectivity index (χ3n) is 7.02. The number of nitrogens with zero attached hydrogens (tertiary/aromatic N) is 4. The standard InChI is InChI=1S/C23H30N6O3/c1-14(15-5-3-6-16(9-15)21(30)26-2)29-18-10-20(23(29)32)27(12-18)13-19(25)22(31)28-8-4-7-17(28)11-24/h3,5-6,9,14,17-20H,4,7-8,10,12-13,25H2,1-2H3,(H,26,30)/t14-,17-,18-,19-,20-/m0/s1. The number of rotatable bonds is 6. The van der Waals surface area contributed by atoms with Crippen molar-refractivity contribution < 1.29 is 14.4 Å². The lowest BCUT2D eigenvalue weighted by molar-refractivity contribution is -0.140. The number of hydrogen-bond acceptors (Lipinski definition) is 6. The van der Waals surface area contributed by atoms with Gasteiger partial charge in [0.2, 0.25) is 11.8 Å². The van der Waals surface area contributed by atoms with Crippen LogP contribution in [0.2, 0.25) is 0 Å². The molecule has 9 heteroatoms. The lowest BCUT2D eigenvalue weighted by atomic mass is 10.0. The lowest BCUT2D eigenvalue weighted by Crippen LogP contribution is -2.56. The Hall–Kier alpha value is -2.96. The molecule has 3 N–H and O–H groups in total. The second-order valence-electron chi connectivity index (χ2n) is 8.91. The number of amides is 3. The molecule has 170 valence electrons. The topological polar surface area (TPSA) is 123 Å². The van der Waals surface area contributed by atoms with Gasteiger partial charge in [0.05, 0.1) is 24.2 Å². The molecule has 0 saturated carbocycles. The van der Waals surface area contributed by atoms with E-state index in [-0.39, 0.29) is 35.8 Å². The van der Waals surface area contributed by atoms with Crippen molar-refractivity contribution >= 4 is 17.7 Å². The SMILES string of the molecule is CNC(=O)c1cccc([C@H](C)N2C(=O)[C@@H]3C[C@H]2CN3C[C@H](N)C(=O)N2CCC[C@H]2C#N)c1. The fourth-order valence-corrected chi connectivity index (χ4v) is 5.35. The molecular formula is C23H30N6O3. The minimum Gasteiger partial charge on any atom is -0.355 e. The van der Waals surface area contributed by atoms with Gasteiger partial charge >= 0.3 is 0 Å². The van der Waals surface area contributed by atoms with E-state index in [2.05, 4.69) is 11.4 Å². The van der Waals surface area contributed by atoms with Crippen LogP contribution in [0.4, 0.5) is 0 Å². The van der Waals surface area contributed by atoms with Crippen LogP contribution in [0.5, 0.6) is 0 Å². The van der Waals surface area contributed by atoms with Gasteiger partial charge in [0, 0.05) is 38.3 Å². The molecule has 32 heavy (non-hydrogen) atoms. The van der Waals surface area contributed by atoms with Crippen molar-refractivity contribution in [3.05, 3.63) is 35.4 Å². The molecule has 0 aromatic heterocycles. The van der Waals surface area contributed by atoms with Crippen LogP contribution >= 0.6 is 0 Å². The average molecular weight is 439 g/mol. The van der Waals surface area contributed by atoms with Crippen LogP contribution in [0.25, 0.3) is 0 Å². The van der Waals surface area contributed by atoms with E-state index in [9.17, 15) is 19.6 Å². The van der Waals surface area contributed by atoms with Gasteiger partial charge in [-0.2, -0.15) is 5.26 Å². The van der Waals surface area contributed by atoms with Gasteiger partial charge < -0.3 is 20.9 Å². The highest BCUT2D eigenvalue weighted by Gasteiger charge is 2.51. The maximum atomic E-state index is 13.2. The molecule has 3 saturated heterocycles. The van der Waals surface area contributed by atoms with Crippen molar-refractivity contribution in [2.75, 3.05) is 26.7 Å². The molecule has 1 aromatic rings. The molecule has 4 rings (SSSR count). The first-order chi connectivity index (χ1) is 15.3. The Bertz CT molecular complexity index is 959. The Labute approximate surface area is 188 Å². The zero-order chi connectivity index (χ0) is 23.0. The maximum absolute atomic E-state index is 13.2. The van der Waals surface area contributed by atoms with Crippen LogP contribution in [0.1, 0.15) is 48.1 Å². The van der Waals surface area contributed by atoms with E-state index >= 15 is 0 Å². The first-order valence-electron chi connectivity index (χ1n) is 11.2. The molecular weight excluding hydrogens is 408 g/mol. The zero-order valence-electron chi connectivity index (χ0n) is 18.5. The summed E-state index contributed by atoms with van der Waals surface area (Å²) in [6.45, 7) is 3.53. The van der Waals surface area contributed by atoms with Gasteiger partial charge in [0.25, 0.3) is 5.91 Å². The van der Waals surface area contributed by atoms with Crippen molar-refractivity contribution in [3.63, 3.8) is 0 Å². The predicted octanol–water partition coefficient (Wildman–Crippen LogP) is 0.234. The van der Waals surface area contributed by atoms with Gasteiger partial charge in [-0.1, -0.05) is 12.1 Å². The number of carbonyl (C=O) groups excluding carboxylic acids is 3. The largest absolute Gasteiger partial charge is 0.355 e. The van der Waals surface area contributed by atoms with E-state index in [0.717, 1.165) is 12.0 Å². The average Bonchev–Trinajstić information content (AvgIpc) is 3.52. The van der Waals surface area contributed by atoms with Crippen LogP contribution in [-0.4, -0.2) is 83.3 Å². The van der Waals surface area contributed by atoms with Crippen molar-refractivity contribution in [1.82, 2.24) is 20.0 Å². The quantitative estimate of drug-likeness (QED) is 0.656. The molecule has 1 aromatic carbocycles. The normalized spacial score (nSPS) is 26.8. The second kappa shape index (κ2) is 8.88. The summed E-state index contributed by atoms with van der Waals surface area (Å²) in [5.41, 5.74) is 7.70. The van der Waals surface area contributed by atoms with E-state index in [4.69, 9.17) is 5.73 Å². The van der Waals surface area contributed by atoms with Crippen LogP contribution < -0.4 is 11.1 Å². The molecule has 0 radical (unpaired) electrons. The molecule has 3 aliphatic heterocycles. The maximum Gasteiger partial charge on any atom is 0.251 e.